The Hall–Kier alpha value is -4.32. The number of methoxy groups -OCH3 is 4. The Bertz CT molecular complexity index is 1090. The number of rotatable bonds is 6. The third-order valence-corrected chi connectivity index (χ3v) is 4.71. The molecule has 0 unspecified atom stereocenters. The molecule has 0 spiro atoms. The lowest BCUT2D eigenvalue weighted by Gasteiger charge is -2.10. The number of hydrogen-bond donors (Lipinski definition) is 2. The number of hydrogen-bond acceptors (Lipinski definition) is 6. The molecule has 4 aromatic rings. The SMILES string of the molecule is COc1cc(C)cc(OC)c1.COc1cc(Nc2ccccc2)cc(OC)c1.Nc1ccccc1. The molecule has 0 saturated carbocycles. The lowest BCUT2D eigenvalue weighted by molar-refractivity contribution is 0.393. The normalized spacial score (nSPS) is 9.40. The summed E-state index contributed by atoms with van der Waals surface area (Å²) in [5.41, 5.74) is 9.29. The van der Waals surface area contributed by atoms with Crippen LogP contribution in [0.25, 0.3) is 0 Å². The summed E-state index contributed by atoms with van der Waals surface area (Å²) in [4.78, 5) is 0. The summed E-state index contributed by atoms with van der Waals surface area (Å²) < 4.78 is 20.5. The molecule has 6 heteroatoms. The van der Waals surface area contributed by atoms with Crippen molar-refractivity contribution in [2.75, 3.05) is 39.5 Å². The van der Waals surface area contributed by atoms with Crippen LogP contribution in [0.3, 0.4) is 0 Å². The maximum absolute atomic E-state index is 5.36. The first kappa shape index (κ1) is 26.9. The van der Waals surface area contributed by atoms with E-state index in [0.29, 0.717) is 0 Å². The van der Waals surface area contributed by atoms with Gasteiger partial charge in [0.2, 0.25) is 0 Å². The van der Waals surface area contributed by atoms with Gasteiger partial charge in [-0.25, -0.2) is 0 Å². The Morgan fingerprint density at radius 3 is 1.29 bits per heavy atom. The van der Waals surface area contributed by atoms with E-state index in [-0.39, 0.29) is 0 Å². The standard InChI is InChI=1S/C14H15NO2.C9H12O2.C6H7N/c1-16-13-8-12(9-14(10-13)17-2)15-11-6-4-3-5-7-11;1-7-4-8(10-2)6-9(5-7)11-3;7-6-4-2-1-3-5-6/h3-10,15H,1-2H3;4-6H,1-3H3;1-5H,7H2. The van der Waals surface area contributed by atoms with Gasteiger partial charge in [0.25, 0.3) is 0 Å². The molecular formula is C29H34N2O4. The van der Waals surface area contributed by atoms with E-state index >= 15 is 0 Å². The van der Waals surface area contributed by atoms with Crippen molar-refractivity contribution in [2.24, 2.45) is 0 Å². The second kappa shape index (κ2) is 14.8. The zero-order valence-electron chi connectivity index (χ0n) is 20.9. The van der Waals surface area contributed by atoms with E-state index in [0.717, 1.165) is 45.6 Å². The molecular weight excluding hydrogens is 440 g/mol. The predicted molar refractivity (Wildman–Crippen MR) is 144 cm³/mol. The molecule has 4 aromatic carbocycles. The number of para-hydroxylation sites is 2. The molecule has 0 aromatic heterocycles. The van der Waals surface area contributed by atoms with Crippen LogP contribution < -0.4 is 30.0 Å². The second-order valence-corrected chi connectivity index (χ2v) is 7.39. The van der Waals surface area contributed by atoms with Crippen molar-refractivity contribution in [2.45, 2.75) is 6.92 Å². The van der Waals surface area contributed by atoms with Gasteiger partial charge in [-0.05, 0) is 48.9 Å². The lowest BCUT2D eigenvalue weighted by atomic mass is 10.2. The number of benzene rings is 4. The van der Waals surface area contributed by atoms with Gasteiger partial charge in [0.15, 0.2) is 0 Å². The van der Waals surface area contributed by atoms with Crippen molar-refractivity contribution < 1.29 is 18.9 Å². The molecule has 3 N–H and O–H groups in total. The van der Waals surface area contributed by atoms with Gasteiger partial charge in [0, 0.05) is 41.3 Å². The third kappa shape index (κ3) is 10.0. The van der Waals surface area contributed by atoms with Crippen molar-refractivity contribution >= 4 is 17.1 Å². The van der Waals surface area contributed by atoms with Crippen LogP contribution in [0, 0.1) is 6.92 Å². The van der Waals surface area contributed by atoms with Crippen molar-refractivity contribution in [1.29, 1.82) is 0 Å². The number of nitrogens with two attached hydrogens (primary N) is 1. The summed E-state index contributed by atoms with van der Waals surface area (Å²) in [6.07, 6.45) is 0. The van der Waals surface area contributed by atoms with Crippen molar-refractivity contribution in [3.8, 4) is 23.0 Å². The Morgan fingerprint density at radius 1 is 0.514 bits per heavy atom. The van der Waals surface area contributed by atoms with E-state index in [1.54, 1.807) is 28.4 Å². The highest BCUT2D eigenvalue weighted by atomic mass is 16.5. The first-order valence-corrected chi connectivity index (χ1v) is 11.0. The molecule has 0 radical (unpaired) electrons. The maximum atomic E-state index is 5.36. The molecule has 6 nitrogen and oxygen atoms in total. The third-order valence-electron chi connectivity index (χ3n) is 4.71. The summed E-state index contributed by atoms with van der Waals surface area (Å²) >= 11 is 0. The highest BCUT2D eigenvalue weighted by Crippen LogP contribution is 2.27. The van der Waals surface area contributed by atoms with Gasteiger partial charge in [0.05, 0.1) is 28.4 Å². The Kier molecular flexibility index (Phi) is 11.4. The zero-order valence-corrected chi connectivity index (χ0v) is 20.9. The van der Waals surface area contributed by atoms with E-state index in [1.165, 1.54) is 0 Å². The van der Waals surface area contributed by atoms with Gasteiger partial charge >= 0.3 is 0 Å². The fourth-order valence-electron chi connectivity index (χ4n) is 2.97. The van der Waals surface area contributed by atoms with Gasteiger partial charge in [-0.15, -0.1) is 0 Å². The fourth-order valence-corrected chi connectivity index (χ4v) is 2.97. The number of nitrogens with one attached hydrogen (secondary N) is 1. The van der Waals surface area contributed by atoms with E-state index in [1.807, 2.05) is 104 Å². The molecule has 35 heavy (non-hydrogen) atoms. The molecule has 4 rings (SSSR count). The second-order valence-electron chi connectivity index (χ2n) is 7.39. The summed E-state index contributed by atoms with van der Waals surface area (Å²) in [6, 6.07) is 30.9. The van der Waals surface area contributed by atoms with Crippen LogP contribution in [-0.4, -0.2) is 28.4 Å². The minimum Gasteiger partial charge on any atom is -0.497 e. The monoisotopic (exact) mass is 474 g/mol. The first-order valence-electron chi connectivity index (χ1n) is 11.0. The van der Waals surface area contributed by atoms with Gasteiger partial charge in [0.1, 0.15) is 23.0 Å². The van der Waals surface area contributed by atoms with Gasteiger partial charge in [-0.1, -0.05) is 36.4 Å². The largest absolute Gasteiger partial charge is 0.497 e. The van der Waals surface area contributed by atoms with Crippen LogP contribution in [0.2, 0.25) is 0 Å². The van der Waals surface area contributed by atoms with E-state index < -0.39 is 0 Å². The predicted octanol–water partition coefficient (Wildman–Crippen LogP) is 6.73. The van der Waals surface area contributed by atoms with Crippen LogP contribution in [0.1, 0.15) is 5.56 Å². The molecule has 0 aliphatic carbocycles. The molecule has 0 amide bonds. The molecule has 0 bridgehead atoms. The molecule has 0 saturated heterocycles. The Labute approximate surface area is 208 Å². The molecule has 0 heterocycles. The highest BCUT2D eigenvalue weighted by Gasteiger charge is 2.02. The minimum absolute atomic E-state index is 0.766. The van der Waals surface area contributed by atoms with E-state index in [4.69, 9.17) is 24.7 Å². The summed E-state index contributed by atoms with van der Waals surface area (Å²) in [5.74, 6) is 3.20. The zero-order chi connectivity index (χ0) is 25.5. The van der Waals surface area contributed by atoms with E-state index in [9.17, 15) is 0 Å². The van der Waals surface area contributed by atoms with Crippen molar-refractivity contribution in [3.63, 3.8) is 0 Å². The topological polar surface area (TPSA) is 75.0 Å². The minimum atomic E-state index is 0.766. The van der Waals surface area contributed by atoms with Crippen LogP contribution in [-0.2, 0) is 0 Å². The van der Waals surface area contributed by atoms with Crippen LogP contribution >= 0.6 is 0 Å². The van der Waals surface area contributed by atoms with Gasteiger partial charge in [-0.2, -0.15) is 0 Å². The van der Waals surface area contributed by atoms with Gasteiger partial charge < -0.3 is 30.0 Å². The van der Waals surface area contributed by atoms with Crippen molar-refractivity contribution in [1.82, 2.24) is 0 Å². The smallest absolute Gasteiger partial charge is 0.124 e. The fraction of sp³-hybridized carbons (Fsp3) is 0.172. The van der Waals surface area contributed by atoms with Gasteiger partial charge in [-0.3, -0.25) is 0 Å². The van der Waals surface area contributed by atoms with Crippen LogP contribution in [0.15, 0.2) is 97.1 Å². The van der Waals surface area contributed by atoms with Crippen molar-refractivity contribution in [3.05, 3.63) is 103 Å². The summed E-state index contributed by atoms with van der Waals surface area (Å²) in [5, 5.41) is 3.29. The number of anilines is 3. The number of ether oxygens (including phenoxy) is 4. The Morgan fingerprint density at radius 2 is 0.914 bits per heavy atom. The van der Waals surface area contributed by atoms with E-state index in [2.05, 4.69) is 5.32 Å². The quantitative estimate of drug-likeness (QED) is 0.302. The lowest BCUT2D eigenvalue weighted by Crippen LogP contribution is -1.93. The highest BCUT2D eigenvalue weighted by molar-refractivity contribution is 5.63. The Balaban J connectivity index is 0.000000205. The van der Waals surface area contributed by atoms with Crippen LogP contribution in [0.5, 0.6) is 23.0 Å². The first-order chi connectivity index (χ1) is 17.0. The average molecular weight is 475 g/mol. The maximum Gasteiger partial charge on any atom is 0.124 e. The number of aryl methyl sites for hydroxylation is 1. The molecule has 0 aliphatic rings. The average Bonchev–Trinajstić information content (AvgIpc) is 2.89. The summed E-state index contributed by atoms with van der Waals surface area (Å²) in [7, 11) is 6.57. The molecule has 184 valence electrons. The molecule has 0 aliphatic heterocycles. The summed E-state index contributed by atoms with van der Waals surface area (Å²) in [6.45, 7) is 2.00. The van der Waals surface area contributed by atoms with Crippen LogP contribution in [0.4, 0.5) is 17.1 Å². The molecule has 0 atom stereocenters. The molecule has 0 fully saturated rings. The number of nitrogen functional groups attached to an aromatic ring is 1.